The van der Waals surface area contributed by atoms with Gasteiger partial charge in [-0.15, -0.1) is 0 Å². The fourth-order valence-corrected chi connectivity index (χ4v) is 4.22. The molecule has 0 aliphatic carbocycles. The van der Waals surface area contributed by atoms with Crippen LogP contribution < -0.4 is 0 Å². The van der Waals surface area contributed by atoms with Crippen molar-refractivity contribution in [3.05, 3.63) is 0 Å². The Hall–Kier alpha value is -3.26. The molecule has 0 aromatic carbocycles. The van der Waals surface area contributed by atoms with Crippen molar-refractivity contribution < 1.29 is 66.7 Å². The van der Waals surface area contributed by atoms with Crippen LogP contribution in [0.1, 0.15) is 48.0 Å². The Morgan fingerprint density at radius 3 is 0.973 bits per heavy atom. The van der Waals surface area contributed by atoms with Gasteiger partial charge in [-0.2, -0.15) is 0 Å². The SMILES string of the molecule is CC(=O)OC[C@H]1O[C@@H](C[C@@H]2O[C@H](COC(C)=O)[C@@H](OC(C)=O)[C@H]2OC(C)=O)[C@H](OC(C)=O)[C@@H]1OC(C)=O. The predicted octanol–water partition coefficient (Wildman–Crippen LogP) is -0.236. The van der Waals surface area contributed by atoms with E-state index < -0.39 is 84.6 Å². The fourth-order valence-electron chi connectivity index (χ4n) is 4.22. The third kappa shape index (κ3) is 8.97. The summed E-state index contributed by atoms with van der Waals surface area (Å²) < 4.78 is 43.4. The lowest BCUT2D eigenvalue weighted by molar-refractivity contribution is -0.167. The molecule has 0 radical (unpaired) electrons. The molecule has 2 aliphatic heterocycles. The van der Waals surface area contributed by atoms with Crippen molar-refractivity contribution in [1.29, 1.82) is 0 Å². The van der Waals surface area contributed by atoms with E-state index in [4.69, 9.17) is 37.9 Å². The first-order chi connectivity index (χ1) is 17.3. The highest BCUT2D eigenvalue weighted by atomic mass is 16.7. The van der Waals surface area contributed by atoms with Gasteiger partial charge in [-0.1, -0.05) is 0 Å². The van der Waals surface area contributed by atoms with Crippen LogP contribution >= 0.6 is 0 Å². The average Bonchev–Trinajstić information content (AvgIpc) is 3.22. The summed E-state index contributed by atoms with van der Waals surface area (Å²) in [6, 6.07) is 0. The second-order valence-corrected chi connectivity index (χ2v) is 8.56. The van der Waals surface area contributed by atoms with Gasteiger partial charge in [-0.25, -0.2) is 0 Å². The topological polar surface area (TPSA) is 176 Å². The maximum Gasteiger partial charge on any atom is 0.303 e. The Morgan fingerprint density at radius 2 is 0.730 bits per heavy atom. The lowest BCUT2D eigenvalue weighted by Gasteiger charge is -2.26. The molecule has 2 heterocycles. The standard InChI is InChI=1S/C23H32O14/c1-10(24)30-8-18-22(34-14(5)28)20(32-12(3)26)16(36-18)7-17-21(33-13(4)27)23(35-15(6)29)19(37-17)9-31-11(2)25/h16-23H,7-9H2,1-6H3/t16-,17-,18+,19+,20-,21-,22+,23+/m0/s1. The van der Waals surface area contributed by atoms with Gasteiger partial charge in [0, 0.05) is 48.0 Å². The average molecular weight is 532 g/mol. The minimum absolute atomic E-state index is 0.0986. The van der Waals surface area contributed by atoms with Crippen molar-refractivity contribution in [2.75, 3.05) is 13.2 Å². The van der Waals surface area contributed by atoms with Crippen LogP contribution in [-0.2, 0) is 66.7 Å². The first-order valence-electron chi connectivity index (χ1n) is 11.5. The fraction of sp³-hybridized carbons (Fsp3) is 0.739. The lowest BCUT2D eigenvalue weighted by atomic mass is 9.98. The van der Waals surface area contributed by atoms with Crippen LogP contribution in [0.5, 0.6) is 0 Å². The van der Waals surface area contributed by atoms with E-state index in [0.29, 0.717) is 0 Å². The molecule has 2 rings (SSSR count). The van der Waals surface area contributed by atoms with E-state index in [2.05, 4.69) is 0 Å². The van der Waals surface area contributed by atoms with E-state index in [-0.39, 0.29) is 19.6 Å². The van der Waals surface area contributed by atoms with E-state index in [1.807, 2.05) is 0 Å². The molecule has 0 unspecified atom stereocenters. The zero-order valence-corrected chi connectivity index (χ0v) is 21.5. The van der Waals surface area contributed by atoms with Crippen LogP contribution in [0.25, 0.3) is 0 Å². The van der Waals surface area contributed by atoms with Crippen LogP contribution in [-0.4, -0.2) is 97.9 Å². The van der Waals surface area contributed by atoms with Crippen molar-refractivity contribution in [2.24, 2.45) is 0 Å². The van der Waals surface area contributed by atoms with Crippen LogP contribution in [0.3, 0.4) is 0 Å². The number of esters is 6. The number of rotatable bonds is 10. The molecule has 2 saturated heterocycles. The molecule has 0 amide bonds. The van der Waals surface area contributed by atoms with Crippen molar-refractivity contribution in [2.45, 2.75) is 96.8 Å². The molecule has 2 fully saturated rings. The first kappa shape index (κ1) is 30.0. The van der Waals surface area contributed by atoms with Gasteiger partial charge in [0.1, 0.15) is 37.6 Å². The lowest BCUT2D eigenvalue weighted by Crippen LogP contribution is -2.44. The summed E-state index contributed by atoms with van der Waals surface area (Å²) in [5.74, 6) is -3.99. The quantitative estimate of drug-likeness (QED) is 0.266. The van der Waals surface area contributed by atoms with Gasteiger partial charge in [0.2, 0.25) is 0 Å². The van der Waals surface area contributed by atoms with E-state index in [1.165, 1.54) is 13.8 Å². The van der Waals surface area contributed by atoms with Crippen molar-refractivity contribution in [1.82, 2.24) is 0 Å². The summed E-state index contributed by atoms with van der Waals surface area (Å²) in [5, 5.41) is 0. The monoisotopic (exact) mass is 532 g/mol. The second kappa shape index (κ2) is 13.3. The molecule has 14 heteroatoms. The van der Waals surface area contributed by atoms with E-state index in [0.717, 1.165) is 27.7 Å². The van der Waals surface area contributed by atoms with E-state index in [1.54, 1.807) is 0 Å². The molecule has 0 aromatic heterocycles. The summed E-state index contributed by atoms with van der Waals surface area (Å²) in [6.07, 6.45) is -8.57. The number of ether oxygens (including phenoxy) is 8. The van der Waals surface area contributed by atoms with E-state index in [9.17, 15) is 28.8 Å². The maximum absolute atomic E-state index is 11.9. The normalized spacial score (nSPS) is 30.6. The van der Waals surface area contributed by atoms with Crippen LogP contribution in [0.2, 0.25) is 0 Å². The van der Waals surface area contributed by atoms with Crippen molar-refractivity contribution in [3.63, 3.8) is 0 Å². The maximum atomic E-state index is 11.9. The summed E-state index contributed by atoms with van der Waals surface area (Å²) >= 11 is 0. The van der Waals surface area contributed by atoms with Crippen LogP contribution in [0.15, 0.2) is 0 Å². The molecule has 37 heavy (non-hydrogen) atoms. The zero-order chi connectivity index (χ0) is 27.9. The van der Waals surface area contributed by atoms with Crippen LogP contribution in [0.4, 0.5) is 0 Å². The molecule has 208 valence electrons. The summed E-state index contributed by atoms with van der Waals surface area (Å²) in [6.45, 7) is 6.39. The van der Waals surface area contributed by atoms with Crippen LogP contribution in [0, 0.1) is 0 Å². The van der Waals surface area contributed by atoms with Crippen molar-refractivity contribution >= 4 is 35.8 Å². The highest BCUT2D eigenvalue weighted by Crippen LogP contribution is 2.36. The Kier molecular flexibility index (Phi) is 10.8. The Bertz CT molecular complexity index is 815. The molecule has 0 saturated carbocycles. The Morgan fingerprint density at radius 1 is 0.459 bits per heavy atom. The van der Waals surface area contributed by atoms with Crippen molar-refractivity contribution in [3.8, 4) is 0 Å². The number of hydrogen-bond donors (Lipinski definition) is 0. The Labute approximate surface area is 213 Å². The molecule has 0 N–H and O–H groups in total. The minimum atomic E-state index is -1.14. The molecule has 2 aliphatic rings. The summed E-state index contributed by atoms with van der Waals surface area (Å²) in [7, 11) is 0. The van der Waals surface area contributed by atoms with Gasteiger partial charge >= 0.3 is 35.8 Å². The van der Waals surface area contributed by atoms with Gasteiger partial charge < -0.3 is 37.9 Å². The number of carbonyl (C=O) groups excluding carboxylic acids is 6. The first-order valence-corrected chi connectivity index (χ1v) is 11.5. The number of carbonyl (C=O) groups is 6. The Balaban J connectivity index is 2.36. The van der Waals surface area contributed by atoms with Gasteiger partial charge in [-0.05, 0) is 0 Å². The highest BCUT2D eigenvalue weighted by Gasteiger charge is 2.55. The highest BCUT2D eigenvalue weighted by molar-refractivity contribution is 5.69. The second-order valence-electron chi connectivity index (χ2n) is 8.56. The third-order valence-corrected chi connectivity index (χ3v) is 5.39. The number of hydrogen-bond acceptors (Lipinski definition) is 14. The predicted molar refractivity (Wildman–Crippen MR) is 117 cm³/mol. The van der Waals surface area contributed by atoms with Gasteiger partial charge in [0.25, 0.3) is 0 Å². The minimum Gasteiger partial charge on any atom is -0.463 e. The molecule has 14 nitrogen and oxygen atoms in total. The molecule has 0 bridgehead atoms. The zero-order valence-electron chi connectivity index (χ0n) is 21.5. The molecule has 0 spiro atoms. The molecule has 8 atom stereocenters. The third-order valence-electron chi connectivity index (χ3n) is 5.39. The summed E-state index contributed by atoms with van der Waals surface area (Å²) in [4.78, 5) is 69.9. The largest absolute Gasteiger partial charge is 0.463 e. The molecular formula is C23H32O14. The smallest absolute Gasteiger partial charge is 0.303 e. The van der Waals surface area contributed by atoms with Gasteiger partial charge in [0.15, 0.2) is 24.4 Å². The molecular weight excluding hydrogens is 500 g/mol. The van der Waals surface area contributed by atoms with Gasteiger partial charge in [-0.3, -0.25) is 28.8 Å². The van der Waals surface area contributed by atoms with Gasteiger partial charge in [0.05, 0.1) is 0 Å². The summed E-state index contributed by atoms with van der Waals surface area (Å²) in [5.41, 5.74) is 0. The van der Waals surface area contributed by atoms with E-state index >= 15 is 0 Å². The molecule has 0 aromatic rings.